The minimum Gasteiger partial charge on any atom is -0.353 e. The molecule has 1 heterocycles. The Balaban J connectivity index is 1.89. The van der Waals surface area contributed by atoms with Gasteiger partial charge >= 0.3 is 0 Å². The van der Waals surface area contributed by atoms with Crippen LogP contribution in [-0.4, -0.2) is 54.5 Å². The maximum Gasteiger partial charge on any atom is 0.234 e. The highest BCUT2D eigenvalue weighted by atomic mass is 19.2. The van der Waals surface area contributed by atoms with Crippen LogP contribution in [0.3, 0.4) is 0 Å². The van der Waals surface area contributed by atoms with Crippen LogP contribution >= 0.6 is 0 Å². The number of hydrogen-bond acceptors (Lipinski definition) is 3. The predicted octanol–water partition coefficient (Wildman–Crippen LogP) is 2.17. The molecule has 4 nitrogen and oxygen atoms in total. The van der Waals surface area contributed by atoms with E-state index in [0.29, 0.717) is 12.1 Å². The third-order valence-electron chi connectivity index (χ3n) is 4.20. The molecule has 1 aromatic carbocycles. The van der Waals surface area contributed by atoms with Gasteiger partial charge in [0.15, 0.2) is 11.6 Å². The molecule has 23 heavy (non-hydrogen) atoms. The first-order chi connectivity index (χ1) is 10.9. The number of benzene rings is 1. The maximum absolute atomic E-state index is 13.9. The standard InChI is InChI=1S/C17H25F2N3O/c1-12(2)20-16(23)11-21-7-9-22(10-8-21)13(3)14-5-4-6-15(18)17(14)19/h4-6,12-13H,7-11H2,1-3H3,(H,20,23)/t13-/m0/s1. The predicted molar refractivity (Wildman–Crippen MR) is 86.1 cm³/mol. The number of carbonyl (C=O) groups excluding carboxylic acids is 1. The number of halogens is 2. The average Bonchev–Trinajstić information content (AvgIpc) is 2.49. The largest absolute Gasteiger partial charge is 0.353 e. The highest BCUT2D eigenvalue weighted by Crippen LogP contribution is 2.25. The van der Waals surface area contributed by atoms with Gasteiger partial charge in [-0.25, -0.2) is 8.78 Å². The van der Waals surface area contributed by atoms with Crippen molar-refractivity contribution >= 4 is 5.91 Å². The van der Waals surface area contributed by atoms with Gasteiger partial charge in [-0.2, -0.15) is 0 Å². The van der Waals surface area contributed by atoms with E-state index in [1.165, 1.54) is 6.07 Å². The first kappa shape index (κ1) is 17.8. The summed E-state index contributed by atoms with van der Waals surface area (Å²) in [4.78, 5) is 16.0. The van der Waals surface area contributed by atoms with E-state index in [4.69, 9.17) is 0 Å². The average molecular weight is 325 g/mol. The second-order valence-corrected chi connectivity index (χ2v) is 6.35. The van der Waals surface area contributed by atoms with E-state index in [1.807, 2.05) is 20.8 Å². The van der Waals surface area contributed by atoms with Gasteiger partial charge in [-0.05, 0) is 26.8 Å². The first-order valence-corrected chi connectivity index (χ1v) is 8.08. The molecule has 1 amide bonds. The number of piperazine rings is 1. The van der Waals surface area contributed by atoms with E-state index in [9.17, 15) is 13.6 Å². The van der Waals surface area contributed by atoms with Crippen LogP contribution in [0.4, 0.5) is 8.78 Å². The molecular formula is C17H25F2N3O. The van der Waals surface area contributed by atoms with Crippen molar-refractivity contribution in [2.45, 2.75) is 32.9 Å². The molecule has 1 saturated heterocycles. The van der Waals surface area contributed by atoms with Crippen molar-refractivity contribution in [3.8, 4) is 0 Å². The Bertz CT molecular complexity index is 543. The summed E-state index contributed by atoms with van der Waals surface area (Å²) in [5.74, 6) is -1.55. The summed E-state index contributed by atoms with van der Waals surface area (Å²) in [5.41, 5.74) is 0.385. The SMILES string of the molecule is CC(C)NC(=O)CN1CCN([C@@H](C)c2cccc(F)c2F)CC1. The number of carbonyl (C=O) groups is 1. The van der Waals surface area contributed by atoms with Gasteiger partial charge in [0.05, 0.1) is 6.54 Å². The number of rotatable bonds is 5. The number of nitrogens with zero attached hydrogens (tertiary/aromatic N) is 2. The molecule has 1 N–H and O–H groups in total. The maximum atomic E-state index is 13.9. The Labute approximate surface area is 136 Å². The Morgan fingerprint density at radius 2 is 1.83 bits per heavy atom. The monoisotopic (exact) mass is 325 g/mol. The molecule has 1 fully saturated rings. The summed E-state index contributed by atoms with van der Waals surface area (Å²) in [6, 6.07) is 4.26. The molecule has 2 rings (SSSR count). The molecule has 0 unspecified atom stereocenters. The van der Waals surface area contributed by atoms with Crippen LogP contribution in [0.15, 0.2) is 18.2 Å². The van der Waals surface area contributed by atoms with E-state index < -0.39 is 11.6 Å². The fraction of sp³-hybridized carbons (Fsp3) is 0.588. The fourth-order valence-electron chi connectivity index (χ4n) is 2.92. The summed E-state index contributed by atoms with van der Waals surface area (Å²) in [7, 11) is 0. The van der Waals surface area contributed by atoms with Crippen molar-refractivity contribution in [2.24, 2.45) is 0 Å². The summed E-state index contributed by atoms with van der Waals surface area (Å²) < 4.78 is 27.3. The zero-order valence-electron chi connectivity index (χ0n) is 14.0. The minimum atomic E-state index is -0.807. The molecule has 0 radical (unpaired) electrons. The lowest BCUT2D eigenvalue weighted by Gasteiger charge is -2.38. The number of amides is 1. The van der Waals surface area contributed by atoms with Crippen molar-refractivity contribution in [1.82, 2.24) is 15.1 Å². The van der Waals surface area contributed by atoms with Crippen molar-refractivity contribution < 1.29 is 13.6 Å². The lowest BCUT2D eigenvalue weighted by Crippen LogP contribution is -2.50. The van der Waals surface area contributed by atoms with Crippen LogP contribution in [0.25, 0.3) is 0 Å². The van der Waals surface area contributed by atoms with Crippen molar-refractivity contribution in [3.63, 3.8) is 0 Å². The number of nitrogens with one attached hydrogen (secondary N) is 1. The fourth-order valence-corrected chi connectivity index (χ4v) is 2.92. The Morgan fingerprint density at radius 1 is 1.17 bits per heavy atom. The molecule has 128 valence electrons. The van der Waals surface area contributed by atoms with Crippen LogP contribution in [-0.2, 0) is 4.79 Å². The van der Waals surface area contributed by atoms with Gasteiger partial charge in [-0.1, -0.05) is 12.1 Å². The second-order valence-electron chi connectivity index (χ2n) is 6.35. The molecule has 0 saturated carbocycles. The number of hydrogen-bond donors (Lipinski definition) is 1. The van der Waals surface area contributed by atoms with Gasteiger partial charge in [-0.15, -0.1) is 0 Å². The molecule has 0 aromatic heterocycles. The Morgan fingerprint density at radius 3 is 2.43 bits per heavy atom. The van der Waals surface area contributed by atoms with Gasteiger partial charge < -0.3 is 5.32 Å². The van der Waals surface area contributed by atoms with Crippen LogP contribution in [0.5, 0.6) is 0 Å². The third-order valence-corrected chi connectivity index (χ3v) is 4.20. The summed E-state index contributed by atoms with van der Waals surface area (Å²) in [5, 5.41) is 2.88. The molecule has 6 heteroatoms. The van der Waals surface area contributed by atoms with E-state index in [1.54, 1.807) is 6.07 Å². The molecule has 0 bridgehead atoms. The smallest absolute Gasteiger partial charge is 0.234 e. The van der Waals surface area contributed by atoms with Crippen molar-refractivity contribution in [2.75, 3.05) is 32.7 Å². The highest BCUT2D eigenvalue weighted by molar-refractivity contribution is 5.78. The van der Waals surface area contributed by atoms with Crippen LogP contribution in [0.2, 0.25) is 0 Å². The minimum absolute atomic E-state index is 0.0256. The summed E-state index contributed by atoms with van der Waals surface area (Å²) in [6.07, 6.45) is 0. The lowest BCUT2D eigenvalue weighted by molar-refractivity contribution is -0.123. The molecule has 1 aromatic rings. The van der Waals surface area contributed by atoms with Crippen molar-refractivity contribution in [3.05, 3.63) is 35.4 Å². The third kappa shape index (κ3) is 4.72. The molecule has 0 aliphatic carbocycles. The van der Waals surface area contributed by atoms with E-state index in [2.05, 4.69) is 15.1 Å². The highest BCUT2D eigenvalue weighted by Gasteiger charge is 2.25. The quantitative estimate of drug-likeness (QED) is 0.901. The van der Waals surface area contributed by atoms with Crippen LogP contribution in [0, 0.1) is 11.6 Å². The summed E-state index contributed by atoms with van der Waals surface area (Å²) >= 11 is 0. The van der Waals surface area contributed by atoms with Crippen molar-refractivity contribution in [1.29, 1.82) is 0 Å². The molecule has 1 atom stereocenters. The topological polar surface area (TPSA) is 35.6 Å². The normalized spacial score (nSPS) is 18.2. The van der Waals surface area contributed by atoms with E-state index >= 15 is 0 Å². The lowest BCUT2D eigenvalue weighted by atomic mass is 10.1. The zero-order valence-corrected chi connectivity index (χ0v) is 14.0. The van der Waals surface area contributed by atoms with E-state index in [-0.39, 0.29) is 18.0 Å². The van der Waals surface area contributed by atoms with Gasteiger partial charge in [0.1, 0.15) is 0 Å². The van der Waals surface area contributed by atoms with Gasteiger partial charge in [0.25, 0.3) is 0 Å². The van der Waals surface area contributed by atoms with E-state index in [0.717, 1.165) is 32.2 Å². The van der Waals surface area contributed by atoms with Gasteiger partial charge in [-0.3, -0.25) is 14.6 Å². The molecule has 1 aliphatic rings. The van der Waals surface area contributed by atoms with Gasteiger partial charge in [0, 0.05) is 43.8 Å². The first-order valence-electron chi connectivity index (χ1n) is 8.08. The second kappa shape index (κ2) is 7.84. The molecule has 0 spiro atoms. The molecular weight excluding hydrogens is 300 g/mol. The molecule has 1 aliphatic heterocycles. The van der Waals surface area contributed by atoms with Gasteiger partial charge in [0.2, 0.25) is 5.91 Å². The zero-order chi connectivity index (χ0) is 17.0. The Kier molecular flexibility index (Phi) is 6.07. The Hall–Kier alpha value is -1.53. The van der Waals surface area contributed by atoms with Crippen LogP contribution < -0.4 is 5.32 Å². The van der Waals surface area contributed by atoms with Crippen LogP contribution in [0.1, 0.15) is 32.4 Å². The summed E-state index contributed by atoms with van der Waals surface area (Å²) in [6.45, 7) is 9.08.